The Labute approximate surface area is 142 Å². The molecule has 0 saturated carbocycles. The molecule has 6 N–H and O–H groups in total. The number of ether oxygens (including phenoxy) is 1. The maximum atomic E-state index is 10.6. The molecule has 0 amide bonds. The molecule has 1 aliphatic rings. The first-order chi connectivity index (χ1) is 10.8. The molecule has 0 radical (unpaired) electrons. The van der Waals surface area contributed by atoms with Gasteiger partial charge in [0.25, 0.3) is 0 Å². The van der Waals surface area contributed by atoms with Gasteiger partial charge in [-0.25, -0.2) is 4.28 Å². The van der Waals surface area contributed by atoms with Gasteiger partial charge >= 0.3 is 10.4 Å². The molecular formula is C11H21NO10S2. The largest absolute Gasteiger partial charge is 0.466 e. The van der Waals surface area contributed by atoms with Crippen molar-refractivity contribution < 1.29 is 47.5 Å². The summed E-state index contributed by atoms with van der Waals surface area (Å²) < 4.78 is 38.9. The first-order valence-electron chi connectivity index (χ1n) is 6.76. The van der Waals surface area contributed by atoms with Crippen molar-refractivity contribution in [3.8, 4) is 0 Å². The Bertz CT molecular complexity index is 543. The second-order valence-electron chi connectivity index (χ2n) is 5.79. The molecule has 0 aromatic rings. The van der Waals surface area contributed by atoms with Crippen LogP contribution in [0.1, 0.15) is 20.3 Å². The molecular weight excluding hydrogens is 370 g/mol. The molecule has 0 spiro atoms. The van der Waals surface area contributed by atoms with Gasteiger partial charge in [-0.15, -0.1) is 0 Å². The number of rotatable bonds is 6. The first kappa shape index (κ1) is 21.5. The van der Waals surface area contributed by atoms with E-state index in [-0.39, 0.29) is 11.5 Å². The summed E-state index contributed by atoms with van der Waals surface area (Å²) in [5.41, 5.74) is -2.59. The third-order valence-corrected chi connectivity index (χ3v) is 4.29. The molecule has 1 saturated heterocycles. The molecule has 24 heavy (non-hydrogen) atoms. The monoisotopic (exact) mass is 391 g/mol. The van der Waals surface area contributed by atoms with E-state index >= 15 is 0 Å². The fraction of sp³-hybridized carbons (Fsp3) is 0.909. The molecule has 0 aromatic carbocycles. The van der Waals surface area contributed by atoms with E-state index < -0.39 is 52.5 Å². The molecule has 1 fully saturated rings. The number of thioether (sulfide) groups is 1. The van der Waals surface area contributed by atoms with Crippen molar-refractivity contribution in [1.82, 2.24) is 0 Å². The zero-order valence-corrected chi connectivity index (χ0v) is 14.5. The minimum absolute atomic E-state index is 0.176. The molecule has 0 aliphatic carbocycles. The highest BCUT2D eigenvalue weighted by atomic mass is 32.3. The lowest BCUT2D eigenvalue weighted by Crippen LogP contribution is -2.57. The van der Waals surface area contributed by atoms with Crippen LogP contribution in [-0.4, -0.2) is 85.6 Å². The summed E-state index contributed by atoms with van der Waals surface area (Å²) in [7, 11) is -4.88. The quantitative estimate of drug-likeness (QED) is 0.125. The summed E-state index contributed by atoms with van der Waals surface area (Å²) in [6, 6.07) is 0. The van der Waals surface area contributed by atoms with Crippen molar-refractivity contribution in [2.75, 3.05) is 6.61 Å². The van der Waals surface area contributed by atoms with Crippen LogP contribution in [0.25, 0.3) is 0 Å². The lowest BCUT2D eigenvalue weighted by Gasteiger charge is -2.39. The highest BCUT2D eigenvalue weighted by molar-refractivity contribution is 8.14. The van der Waals surface area contributed by atoms with Crippen molar-refractivity contribution in [1.29, 1.82) is 0 Å². The van der Waals surface area contributed by atoms with E-state index in [0.29, 0.717) is 11.8 Å². The second-order valence-corrected chi connectivity index (χ2v) is 7.97. The van der Waals surface area contributed by atoms with Gasteiger partial charge in [0.15, 0.2) is 0 Å². The maximum absolute atomic E-state index is 10.6. The number of aliphatic hydroxyl groups excluding tert-OH is 4. The van der Waals surface area contributed by atoms with Crippen molar-refractivity contribution >= 4 is 27.2 Å². The van der Waals surface area contributed by atoms with E-state index in [9.17, 15) is 28.8 Å². The molecule has 1 rings (SSSR count). The minimum Gasteiger partial charge on any atom is -0.394 e. The van der Waals surface area contributed by atoms with Crippen LogP contribution in [0.15, 0.2) is 5.16 Å². The first-order valence-corrected chi connectivity index (χ1v) is 9.01. The summed E-state index contributed by atoms with van der Waals surface area (Å²) in [5.74, 6) is 0. The average molecular weight is 391 g/mol. The molecule has 1 heterocycles. The zero-order valence-electron chi connectivity index (χ0n) is 12.9. The number of hydrogen-bond acceptors (Lipinski definition) is 11. The predicted molar refractivity (Wildman–Crippen MR) is 82.3 cm³/mol. The number of nitrogens with zero attached hydrogens (tertiary/aromatic N) is 1. The van der Waals surface area contributed by atoms with E-state index in [1.807, 2.05) is 0 Å². The van der Waals surface area contributed by atoms with Crippen LogP contribution in [0.2, 0.25) is 0 Å². The second kappa shape index (κ2) is 8.25. The number of oxime groups is 1. The fourth-order valence-corrected chi connectivity index (χ4v) is 3.37. The normalized spacial score (nSPS) is 32.7. The van der Waals surface area contributed by atoms with E-state index in [2.05, 4.69) is 9.44 Å². The number of hydrogen-bond donors (Lipinski definition) is 6. The lowest BCUT2D eigenvalue weighted by atomic mass is 10.0. The van der Waals surface area contributed by atoms with E-state index in [4.69, 9.17) is 14.4 Å². The Balaban J connectivity index is 2.95. The van der Waals surface area contributed by atoms with Crippen LogP contribution in [-0.2, 0) is 19.4 Å². The summed E-state index contributed by atoms with van der Waals surface area (Å²) in [5, 5.41) is 51.3. The van der Waals surface area contributed by atoms with Gasteiger partial charge in [-0.3, -0.25) is 4.55 Å². The number of aliphatic hydroxyl groups is 5. The Morgan fingerprint density at radius 2 is 1.83 bits per heavy atom. The molecule has 5 unspecified atom stereocenters. The van der Waals surface area contributed by atoms with Crippen LogP contribution in [0.5, 0.6) is 0 Å². The smallest absolute Gasteiger partial charge is 0.394 e. The Morgan fingerprint density at radius 1 is 1.25 bits per heavy atom. The van der Waals surface area contributed by atoms with E-state index in [1.165, 1.54) is 13.8 Å². The highest BCUT2D eigenvalue weighted by Crippen LogP contribution is 2.31. The molecule has 0 bridgehead atoms. The van der Waals surface area contributed by atoms with Crippen molar-refractivity contribution in [2.45, 2.75) is 55.7 Å². The molecule has 1 aliphatic heterocycles. The van der Waals surface area contributed by atoms with E-state index in [1.54, 1.807) is 0 Å². The molecule has 11 nitrogen and oxygen atoms in total. The topological polar surface area (TPSA) is 186 Å². The van der Waals surface area contributed by atoms with Crippen molar-refractivity contribution in [3.05, 3.63) is 0 Å². The summed E-state index contributed by atoms with van der Waals surface area (Å²) in [6.07, 6.45) is -6.16. The van der Waals surface area contributed by atoms with E-state index in [0.717, 1.165) is 0 Å². The van der Waals surface area contributed by atoms with Crippen molar-refractivity contribution in [3.63, 3.8) is 0 Å². The third kappa shape index (κ3) is 6.78. The van der Waals surface area contributed by atoms with Gasteiger partial charge in [0.2, 0.25) is 0 Å². The molecule has 142 valence electrons. The highest BCUT2D eigenvalue weighted by Gasteiger charge is 2.44. The van der Waals surface area contributed by atoms with Gasteiger partial charge in [-0.05, 0) is 13.8 Å². The predicted octanol–water partition coefficient (Wildman–Crippen LogP) is -2.19. The van der Waals surface area contributed by atoms with Gasteiger partial charge < -0.3 is 30.3 Å². The summed E-state index contributed by atoms with van der Waals surface area (Å²) in [6.45, 7) is 2.15. The third-order valence-electron chi connectivity index (χ3n) is 2.92. The Morgan fingerprint density at radius 3 is 2.29 bits per heavy atom. The van der Waals surface area contributed by atoms with Gasteiger partial charge in [-0.1, -0.05) is 16.9 Å². The average Bonchev–Trinajstić information content (AvgIpc) is 2.43. The van der Waals surface area contributed by atoms with Crippen LogP contribution >= 0.6 is 11.8 Å². The SMILES string of the molecule is CC(C)(O)CC(=NOS(=O)(=O)O)SC1OC(CO)C(O)C(O)C1O. The van der Waals surface area contributed by atoms with Gasteiger partial charge in [0, 0.05) is 6.42 Å². The minimum atomic E-state index is -4.88. The van der Waals surface area contributed by atoms with Crippen LogP contribution < -0.4 is 0 Å². The Hall–Kier alpha value is -0.510. The Kier molecular flexibility index (Phi) is 7.40. The fourth-order valence-electron chi connectivity index (χ4n) is 1.85. The van der Waals surface area contributed by atoms with Crippen LogP contribution in [0.3, 0.4) is 0 Å². The molecule has 5 atom stereocenters. The van der Waals surface area contributed by atoms with Crippen LogP contribution in [0.4, 0.5) is 0 Å². The van der Waals surface area contributed by atoms with Crippen LogP contribution in [0, 0.1) is 0 Å². The zero-order chi connectivity index (χ0) is 18.7. The van der Waals surface area contributed by atoms with Gasteiger partial charge in [0.05, 0.1) is 12.2 Å². The lowest BCUT2D eigenvalue weighted by molar-refractivity contribution is -0.205. The van der Waals surface area contributed by atoms with Crippen molar-refractivity contribution in [2.24, 2.45) is 5.16 Å². The summed E-state index contributed by atoms with van der Waals surface area (Å²) in [4.78, 5) is 0. The summed E-state index contributed by atoms with van der Waals surface area (Å²) >= 11 is 0.601. The molecule has 0 aromatic heterocycles. The molecule has 13 heteroatoms. The standard InChI is InChI=1S/C11H21NO10S2/c1-11(2,17)3-6(12-22-24(18,19)20)23-10-9(16)8(15)7(14)5(4-13)21-10/h5,7-10,13-17H,3-4H2,1-2H3,(H,18,19,20). The van der Waals surface area contributed by atoms with Gasteiger partial charge in [0.1, 0.15) is 34.9 Å². The van der Waals surface area contributed by atoms with Gasteiger partial charge in [-0.2, -0.15) is 8.42 Å². The maximum Gasteiger partial charge on any atom is 0.466 e.